The lowest BCUT2D eigenvalue weighted by molar-refractivity contribution is 0.460. The molecule has 0 aliphatic rings. The molecule has 0 saturated carbocycles. The second-order valence-electron chi connectivity index (χ2n) is 3.43. The first kappa shape index (κ1) is 12.8. The molecular weight excluding hydrogens is 301 g/mol. The Labute approximate surface area is 112 Å². The molecule has 0 spiro atoms. The van der Waals surface area contributed by atoms with Crippen molar-refractivity contribution in [3.63, 3.8) is 0 Å². The zero-order valence-corrected chi connectivity index (χ0v) is 11.2. The molecule has 0 bridgehead atoms. The lowest BCUT2D eigenvalue weighted by Crippen LogP contribution is -2.02. The number of benzene rings is 1. The first-order valence-electron chi connectivity index (χ1n) is 5.39. The summed E-state index contributed by atoms with van der Waals surface area (Å²) < 4.78 is 18.9. The van der Waals surface area contributed by atoms with Gasteiger partial charge in [0, 0.05) is 18.8 Å². The van der Waals surface area contributed by atoms with Gasteiger partial charge >= 0.3 is 0 Å². The number of halogens is 2. The molecule has 4 nitrogen and oxygen atoms in total. The van der Waals surface area contributed by atoms with Crippen LogP contribution in [0.1, 0.15) is 6.92 Å². The van der Waals surface area contributed by atoms with Gasteiger partial charge in [-0.2, -0.15) is 4.98 Å². The van der Waals surface area contributed by atoms with Gasteiger partial charge in [0.15, 0.2) is 0 Å². The number of hydrogen-bond donors (Lipinski definition) is 1. The van der Waals surface area contributed by atoms with Gasteiger partial charge in [-0.1, -0.05) is 0 Å². The van der Waals surface area contributed by atoms with E-state index in [-0.39, 0.29) is 5.82 Å². The predicted molar refractivity (Wildman–Crippen MR) is 70.4 cm³/mol. The van der Waals surface area contributed by atoms with Crippen LogP contribution in [0.3, 0.4) is 0 Å². The third-order valence-electron chi connectivity index (χ3n) is 2.08. The average molecular weight is 312 g/mol. The van der Waals surface area contributed by atoms with E-state index in [0.717, 1.165) is 6.54 Å². The highest BCUT2D eigenvalue weighted by molar-refractivity contribution is 9.10. The number of aromatic nitrogens is 2. The monoisotopic (exact) mass is 311 g/mol. The summed E-state index contributed by atoms with van der Waals surface area (Å²) in [5, 5.41) is 2.98. The van der Waals surface area contributed by atoms with E-state index in [1.165, 1.54) is 12.1 Å². The second kappa shape index (κ2) is 5.77. The van der Waals surface area contributed by atoms with E-state index in [1.807, 2.05) is 6.92 Å². The van der Waals surface area contributed by atoms with Gasteiger partial charge < -0.3 is 10.1 Å². The Hall–Kier alpha value is -1.69. The summed E-state index contributed by atoms with van der Waals surface area (Å²) >= 11 is 3.10. The fourth-order valence-corrected chi connectivity index (χ4v) is 1.66. The number of nitrogens with zero attached hydrogens (tertiary/aromatic N) is 2. The zero-order valence-electron chi connectivity index (χ0n) is 9.65. The van der Waals surface area contributed by atoms with Crippen molar-refractivity contribution in [1.82, 2.24) is 9.97 Å². The molecule has 2 aromatic rings. The van der Waals surface area contributed by atoms with Crippen LogP contribution >= 0.6 is 15.9 Å². The number of hydrogen-bond acceptors (Lipinski definition) is 4. The molecule has 1 aromatic heterocycles. The standard InChI is InChI=1S/C12H11BrFN3O/c1-2-15-12-16-6-5-11(17-12)18-8-3-4-10(14)9(13)7-8/h3-7H,2H2,1H3,(H,15,16,17). The van der Waals surface area contributed by atoms with Crippen LogP contribution in [0.15, 0.2) is 34.9 Å². The van der Waals surface area contributed by atoms with E-state index in [9.17, 15) is 4.39 Å². The minimum absolute atomic E-state index is 0.335. The summed E-state index contributed by atoms with van der Waals surface area (Å²) in [5.41, 5.74) is 0. The summed E-state index contributed by atoms with van der Waals surface area (Å²) in [6, 6.07) is 6.05. The molecule has 6 heteroatoms. The highest BCUT2D eigenvalue weighted by Gasteiger charge is 2.04. The van der Waals surface area contributed by atoms with Crippen molar-refractivity contribution >= 4 is 21.9 Å². The molecule has 1 heterocycles. The molecule has 0 aliphatic carbocycles. The van der Waals surface area contributed by atoms with Crippen LogP contribution in [0.4, 0.5) is 10.3 Å². The van der Waals surface area contributed by atoms with Crippen LogP contribution in [0.25, 0.3) is 0 Å². The summed E-state index contributed by atoms with van der Waals surface area (Å²) in [6.07, 6.45) is 1.60. The van der Waals surface area contributed by atoms with Gasteiger partial charge in [-0.05, 0) is 41.1 Å². The van der Waals surface area contributed by atoms with Crippen molar-refractivity contribution in [2.45, 2.75) is 6.92 Å². The maximum Gasteiger partial charge on any atom is 0.225 e. The highest BCUT2D eigenvalue weighted by Crippen LogP contribution is 2.25. The predicted octanol–water partition coefficient (Wildman–Crippen LogP) is 3.60. The van der Waals surface area contributed by atoms with Gasteiger partial charge in [0.2, 0.25) is 11.8 Å². The molecule has 1 aromatic carbocycles. The van der Waals surface area contributed by atoms with Crippen molar-refractivity contribution in [3.8, 4) is 11.6 Å². The smallest absolute Gasteiger partial charge is 0.225 e. The number of nitrogens with one attached hydrogen (secondary N) is 1. The Bertz CT molecular complexity index is 551. The first-order chi connectivity index (χ1) is 8.69. The molecular formula is C12H11BrFN3O. The molecule has 0 radical (unpaired) electrons. The highest BCUT2D eigenvalue weighted by atomic mass is 79.9. The number of anilines is 1. The molecule has 0 atom stereocenters. The minimum Gasteiger partial charge on any atom is -0.439 e. The number of ether oxygens (including phenoxy) is 1. The van der Waals surface area contributed by atoms with Gasteiger partial charge in [0.05, 0.1) is 4.47 Å². The lowest BCUT2D eigenvalue weighted by Gasteiger charge is -2.07. The SMILES string of the molecule is CCNc1nccc(Oc2ccc(F)c(Br)c2)n1. The third-order valence-corrected chi connectivity index (χ3v) is 2.69. The Morgan fingerprint density at radius 2 is 2.22 bits per heavy atom. The summed E-state index contributed by atoms with van der Waals surface area (Å²) in [4.78, 5) is 8.19. The lowest BCUT2D eigenvalue weighted by atomic mass is 10.3. The maximum absolute atomic E-state index is 13.1. The molecule has 0 aliphatic heterocycles. The largest absolute Gasteiger partial charge is 0.439 e. The van der Waals surface area contributed by atoms with Crippen molar-refractivity contribution in [1.29, 1.82) is 0 Å². The quantitative estimate of drug-likeness (QED) is 0.937. The first-order valence-corrected chi connectivity index (χ1v) is 6.18. The van der Waals surface area contributed by atoms with E-state index in [1.54, 1.807) is 18.3 Å². The van der Waals surface area contributed by atoms with Crippen LogP contribution < -0.4 is 10.1 Å². The van der Waals surface area contributed by atoms with Gasteiger partial charge in [-0.3, -0.25) is 0 Å². The van der Waals surface area contributed by atoms with Gasteiger partial charge in [-0.25, -0.2) is 9.37 Å². The topological polar surface area (TPSA) is 47.0 Å². The maximum atomic E-state index is 13.1. The Kier molecular flexibility index (Phi) is 4.09. The van der Waals surface area contributed by atoms with E-state index in [0.29, 0.717) is 22.1 Å². The van der Waals surface area contributed by atoms with Crippen LogP contribution in [-0.4, -0.2) is 16.5 Å². The van der Waals surface area contributed by atoms with Crippen LogP contribution in [0, 0.1) is 5.82 Å². The molecule has 0 amide bonds. The molecule has 0 unspecified atom stereocenters. The fraction of sp³-hybridized carbons (Fsp3) is 0.167. The summed E-state index contributed by atoms with van der Waals surface area (Å²) in [5.74, 6) is 1.07. The van der Waals surface area contributed by atoms with E-state index < -0.39 is 0 Å². The normalized spacial score (nSPS) is 10.2. The van der Waals surface area contributed by atoms with Crippen LogP contribution in [0.5, 0.6) is 11.6 Å². The molecule has 18 heavy (non-hydrogen) atoms. The molecule has 0 saturated heterocycles. The Balaban J connectivity index is 2.17. The zero-order chi connectivity index (χ0) is 13.0. The van der Waals surface area contributed by atoms with Crippen molar-refractivity contribution in [3.05, 3.63) is 40.8 Å². The minimum atomic E-state index is -0.335. The Morgan fingerprint density at radius 1 is 1.39 bits per heavy atom. The fourth-order valence-electron chi connectivity index (χ4n) is 1.30. The van der Waals surface area contributed by atoms with E-state index in [2.05, 4.69) is 31.2 Å². The molecule has 2 rings (SSSR count). The van der Waals surface area contributed by atoms with E-state index >= 15 is 0 Å². The van der Waals surface area contributed by atoms with Crippen molar-refractivity contribution in [2.24, 2.45) is 0 Å². The van der Waals surface area contributed by atoms with Gasteiger partial charge in [0.1, 0.15) is 11.6 Å². The van der Waals surface area contributed by atoms with Crippen molar-refractivity contribution in [2.75, 3.05) is 11.9 Å². The van der Waals surface area contributed by atoms with Crippen LogP contribution in [0.2, 0.25) is 0 Å². The van der Waals surface area contributed by atoms with Crippen LogP contribution in [-0.2, 0) is 0 Å². The van der Waals surface area contributed by atoms with Crippen molar-refractivity contribution < 1.29 is 9.13 Å². The molecule has 0 fully saturated rings. The average Bonchev–Trinajstić information content (AvgIpc) is 2.35. The van der Waals surface area contributed by atoms with E-state index in [4.69, 9.17) is 4.74 Å². The molecule has 1 N–H and O–H groups in total. The summed E-state index contributed by atoms with van der Waals surface area (Å²) in [6.45, 7) is 2.68. The second-order valence-corrected chi connectivity index (χ2v) is 4.28. The number of rotatable bonds is 4. The van der Waals surface area contributed by atoms with Gasteiger partial charge in [-0.15, -0.1) is 0 Å². The van der Waals surface area contributed by atoms with Gasteiger partial charge in [0.25, 0.3) is 0 Å². The Morgan fingerprint density at radius 3 is 2.94 bits per heavy atom. The third kappa shape index (κ3) is 3.16. The molecule has 94 valence electrons. The summed E-state index contributed by atoms with van der Waals surface area (Å²) in [7, 11) is 0.